The average molecular weight is 216 g/mol. The fourth-order valence-electron chi connectivity index (χ4n) is 1.76. The van der Waals surface area contributed by atoms with Crippen LogP contribution in [0.2, 0.25) is 0 Å². The van der Waals surface area contributed by atoms with Gasteiger partial charge in [-0.15, -0.1) is 0 Å². The van der Waals surface area contributed by atoms with Crippen molar-refractivity contribution >= 4 is 17.7 Å². The van der Waals surface area contributed by atoms with Gasteiger partial charge in [-0.05, 0) is 39.1 Å². The van der Waals surface area contributed by atoms with Crippen LogP contribution in [0.1, 0.15) is 19.8 Å². The first-order chi connectivity index (χ1) is 6.66. The summed E-state index contributed by atoms with van der Waals surface area (Å²) in [4.78, 5) is 13.8. The van der Waals surface area contributed by atoms with E-state index >= 15 is 0 Å². The highest BCUT2D eigenvalue weighted by atomic mass is 32.2. The standard InChI is InChI=1S/C10H20N2OS/c1-8(14-3)10(13)12(2)9-4-6-11-7-5-9/h8-9,11H,4-7H2,1-3H3. The quantitative estimate of drug-likeness (QED) is 0.762. The Morgan fingerprint density at radius 3 is 2.57 bits per heavy atom. The zero-order chi connectivity index (χ0) is 10.6. The molecule has 0 aromatic rings. The van der Waals surface area contributed by atoms with Crippen LogP contribution >= 0.6 is 11.8 Å². The van der Waals surface area contributed by atoms with Gasteiger partial charge in [-0.2, -0.15) is 11.8 Å². The maximum absolute atomic E-state index is 11.9. The lowest BCUT2D eigenvalue weighted by atomic mass is 10.1. The Balaban J connectivity index is 2.45. The summed E-state index contributed by atoms with van der Waals surface area (Å²) in [5.74, 6) is 0.268. The molecule has 1 rings (SSSR count). The van der Waals surface area contributed by atoms with Gasteiger partial charge in [0.1, 0.15) is 0 Å². The molecule has 82 valence electrons. The Kier molecular flexibility index (Phi) is 4.75. The van der Waals surface area contributed by atoms with Crippen molar-refractivity contribution in [2.75, 3.05) is 26.4 Å². The number of thioether (sulfide) groups is 1. The van der Waals surface area contributed by atoms with Crippen molar-refractivity contribution in [1.82, 2.24) is 10.2 Å². The molecule has 4 heteroatoms. The second kappa shape index (κ2) is 5.61. The third-order valence-electron chi connectivity index (χ3n) is 2.91. The van der Waals surface area contributed by atoms with E-state index in [2.05, 4.69) is 5.32 Å². The first-order valence-corrected chi connectivity index (χ1v) is 6.45. The molecule has 3 nitrogen and oxygen atoms in total. The number of nitrogens with one attached hydrogen (secondary N) is 1. The molecule has 0 aromatic carbocycles. The number of piperidine rings is 1. The number of hydrogen-bond donors (Lipinski definition) is 1. The number of amides is 1. The minimum absolute atomic E-state index is 0.0925. The number of carbonyl (C=O) groups excluding carboxylic acids is 1. The molecule has 0 aliphatic carbocycles. The summed E-state index contributed by atoms with van der Waals surface area (Å²) in [6.07, 6.45) is 4.16. The van der Waals surface area contributed by atoms with Crippen LogP contribution in [-0.2, 0) is 4.79 Å². The van der Waals surface area contributed by atoms with E-state index in [1.807, 2.05) is 25.1 Å². The second-order valence-electron chi connectivity index (χ2n) is 3.81. The molecule has 0 radical (unpaired) electrons. The van der Waals surface area contributed by atoms with Gasteiger partial charge < -0.3 is 10.2 Å². The van der Waals surface area contributed by atoms with Crippen LogP contribution < -0.4 is 5.32 Å². The van der Waals surface area contributed by atoms with Gasteiger partial charge in [0, 0.05) is 13.1 Å². The Morgan fingerprint density at radius 1 is 1.50 bits per heavy atom. The molecule has 14 heavy (non-hydrogen) atoms. The molecule has 1 unspecified atom stereocenters. The van der Waals surface area contributed by atoms with E-state index in [9.17, 15) is 4.79 Å². The van der Waals surface area contributed by atoms with Gasteiger partial charge >= 0.3 is 0 Å². The highest BCUT2D eigenvalue weighted by molar-refractivity contribution is 7.99. The number of hydrogen-bond acceptors (Lipinski definition) is 3. The lowest BCUT2D eigenvalue weighted by Crippen LogP contribution is -2.46. The third kappa shape index (κ3) is 2.89. The maximum Gasteiger partial charge on any atom is 0.235 e. The number of nitrogens with zero attached hydrogens (tertiary/aromatic N) is 1. The SMILES string of the molecule is CSC(C)C(=O)N(C)C1CCNCC1. The molecule has 1 saturated heterocycles. The van der Waals surface area contributed by atoms with Gasteiger partial charge in [-0.25, -0.2) is 0 Å². The summed E-state index contributed by atoms with van der Waals surface area (Å²) < 4.78 is 0. The van der Waals surface area contributed by atoms with Gasteiger partial charge in [0.2, 0.25) is 5.91 Å². The molecule has 1 fully saturated rings. The normalized spacial score (nSPS) is 20.5. The van der Waals surface area contributed by atoms with Crippen LogP contribution in [0.15, 0.2) is 0 Å². The Bertz CT molecular complexity index is 193. The molecule has 1 atom stereocenters. The molecule has 0 saturated carbocycles. The Labute approximate surface area is 90.6 Å². The minimum atomic E-state index is 0.0925. The van der Waals surface area contributed by atoms with Crippen LogP contribution in [0.3, 0.4) is 0 Å². The van der Waals surface area contributed by atoms with Crippen molar-refractivity contribution in [2.45, 2.75) is 31.1 Å². The van der Waals surface area contributed by atoms with Crippen molar-refractivity contribution in [3.63, 3.8) is 0 Å². The Hall–Kier alpha value is -0.220. The second-order valence-corrected chi connectivity index (χ2v) is 4.99. The number of carbonyl (C=O) groups is 1. The number of rotatable bonds is 3. The monoisotopic (exact) mass is 216 g/mol. The first-order valence-electron chi connectivity index (χ1n) is 5.17. The first kappa shape index (κ1) is 11.9. The van der Waals surface area contributed by atoms with E-state index in [1.165, 1.54) is 0 Å². The zero-order valence-corrected chi connectivity index (χ0v) is 10.1. The molecular weight excluding hydrogens is 196 g/mol. The average Bonchev–Trinajstić information content (AvgIpc) is 2.27. The predicted octanol–water partition coefficient (Wildman–Crippen LogP) is 0.948. The molecule has 1 aliphatic rings. The van der Waals surface area contributed by atoms with Crippen molar-refractivity contribution < 1.29 is 4.79 Å². The summed E-state index contributed by atoms with van der Waals surface area (Å²) >= 11 is 1.62. The van der Waals surface area contributed by atoms with Crippen LogP contribution in [0.4, 0.5) is 0 Å². The summed E-state index contributed by atoms with van der Waals surface area (Å²) in [7, 11) is 1.94. The molecule has 1 N–H and O–H groups in total. The van der Waals surface area contributed by atoms with E-state index in [-0.39, 0.29) is 11.2 Å². The van der Waals surface area contributed by atoms with E-state index in [1.54, 1.807) is 11.8 Å². The van der Waals surface area contributed by atoms with Crippen molar-refractivity contribution in [2.24, 2.45) is 0 Å². The minimum Gasteiger partial charge on any atom is -0.342 e. The summed E-state index contributed by atoms with van der Waals surface area (Å²) in [6, 6.07) is 0.443. The largest absolute Gasteiger partial charge is 0.342 e. The van der Waals surface area contributed by atoms with Gasteiger partial charge in [0.25, 0.3) is 0 Å². The summed E-state index contributed by atoms with van der Waals surface area (Å²) in [5.41, 5.74) is 0. The molecule has 0 bridgehead atoms. The van der Waals surface area contributed by atoms with Crippen LogP contribution in [0, 0.1) is 0 Å². The van der Waals surface area contributed by atoms with Crippen LogP contribution in [-0.4, -0.2) is 48.5 Å². The molecule has 1 heterocycles. The van der Waals surface area contributed by atoms with E-state index in [0.29, 0.717) is 6.04 Å². The van der Waals surface area contributed by atoms with Crippen LogP contribution in [0.5, 0.6) is 0 Å². The lowest BCUT2D eigenvalue weighted by Gasteiger charge is -2.33. The fourth-order valence-corrected chi connectivity index (χ4v) is 2.13. The molecular formula is C10H20N2OS. The molecule has 1 aliphatic heterocycles. The Morgan fingerprint density at radius 2 is 2.07 bits per heavy atom. The fraction of sp³-hybridized carbons (Fsp3) is 0.900. The highest BCUT2D eigenvalue weighted by Gasteiger charge is 2.24. The van der Waals surface area contributed by atoms with Gasteiger partial charge in [0.05, 0.1) is 5.25 Å². The van der Waals surface area contributed by atoms with E-state index in [4.69, 9.17) is 0 Å². The molecule has 0 spiro atoms. The zero-order valence-electron chi connectivity index (χ0n) is 9.25. The third-order valence-corrected chi connectivity index (χ3v) is 3.81. The smallest absolute Gasteiger partial charge is 0.235 e. The van der Waals surface area contributed by atoms with Gasteiger partial charge in [-0.3, -0.25) is 4.79 Å². The highest BCUT2D eigenvalue weighted by Crippen LogP contribution is 2.15. The van der Waals surface area contributed by atoms with Crippen molar-refractivity contribution in [1.29, 1.82) is 0 Å². The summed E-state index contributed by atoms with van der Waals surface area (Å²) in [5, 5.41) is 3.40. The van der Waals surface area contributed by atoms with Gasteiger partial charge in [0.15, 0.2) is 0 Å². The predicted molar refractivity (Wildman–Crippen MR) is 61.6 cm³/mol. The van der Waals surface area contributed by atoms with E-state index in [0.717, 1.165) is 25.9 Å². The maximum atomic E-state index is 11.9. The van der Waals surface area contributed by atoms with Crippen molar-refractivity contribution in [3.8, 4) is 0 Å². The lowest BCUT2D eigenvalue weighted by molar-refractivity contribution is -0.131. The molecule has 0 aromatic heterocycles. The topological polar surface area (TPSA) is 32.3 Å². The van der Waals surface area contributed by atoms with Crippen molar-refractivity contribution in [3.05, 3.63) is 0 Å². The van der Waals surface area contributed by atoms with Gasteiger partial charge in [-0.1, -0.05) is 0 Å². The van der Waals surface area contributed by atoms with E-state index < -0.39 is 0 Å². The van der Waals surface area contributed by atoms with Crippen LogP contribution in [0.25, 0.3) is 0 Å². The molecule has 1 amide bonds. The summed E-state index contributed by atoms with van der Waals surface area (Å²) in [6.45, 7) is 4.05.